The molecule has 0 bridgehead atoms. The molecule has 26 heavy (non-hydrogen) atoms. The quantitative estimate of drug-likeness (QED) is 0.578. The summed E-state index contributed by atoms with van der Waals surface area (Å²) in [6.45, 7) is 5.46. The Balaban J connectivity index is 1.52. The minimum Gasteiger partial charge on any atom is -0.492 e. The predicted molar refractivity (Wildman–Crippen MR) is 99.6 cm³/mol. The van der Waals surface area contributed by atoms with Crippen LogP contribution in [0.2, 0.25) is 0 Å². The number of para-hydroxylation sites is 2. The molecule has 1 aliphatic rings. The van der Waals surface area contributed by atoms with Crippen LogP contribution in [0, 0.1) is 10.1 Å². The molecule has 1 aliphatic heterocycles. The van der Waals surface area contributed by atoms with Crippen LogP contribution >= 0.6 is 0 Å². The Hall–Kier alpha value is -2.64. The highest BCUT2D eigenvalue weighted by Crippen LogP contribution is 2.24. The highest BCUT2D eigenvalue weighted by molar-refractivity contribution is 5.61. The van der Waals surface area contributed by atoms with Gasteiger partial charge in [-0.05, 0) is 23.8 Å². The molecule has 1 N–H and O–H groups in total. The Labute approximate surface area is 152 Å². The summed E-state index contributed by atoms with van der Waals surface area (Å²) in [5, 5.41) is 14.2. The van der Waals surface area contributed by atoms with E-state index in [1.807, 2.05) is 24.3 Å². The topological polar surface area (TPSA) is 76.9 Å². The minimum absolute atomic E-state index is 0.0745. The van der Waals surface area contributed by atoms with Gasteiger partial charge in [0, 0.05) is 32.2 Å². The zero-order chi connectivity index (χ0) is 18.2. The van der Waals surface area contributed by atoms with Gasteiger partial charge in [0.15, 0.2) is 0 Å². The molecule has 0 radical (unpaired) electrons. The number of nitrogens with one attached hydrogen (secondary N) is 1. The number of hydrogen-bond acceptors (Lipinski definition) is 6. The number of nitro benzene ring substituents is 1. The molecule has 3 rings (SSSR count). The van der Waals surface area contributed by atoms with Crippen LogP contribution in [-0.2, 0) is 11.3 Å². The zero-order valence-corrected chi connectivity index (χ0v) is 14.6. The van der Waals surface area contributed by atoms with Crippen LogP contribution in [0.3, 0.4) is 0 Å². The number of nitro groups is 1. The Morgan fingerprint density at radius 1 is 1.15 bits per heavy atom. The SMILES string of the molecule is O=[N+]([O-])c1ccccc1NCc1cccc(OCCN2CCOCC2)c1. The van der Waals surface area contributed by atoms with Crippen LogP contribution in [0.1, 0.15) is 5.56 Å². The lowest BCUT2D eigenvalue weighted by molar-refractivity contribution is -0.384. The summed E-state index contributed by atoms with van der Waals surface area (Å²) < 4.78 is 11.2. The van der Waals surface area contributed by atoms with Crippen LogP contribution in [0.25, 0.3) is 0 Å². The molecule has 7 heteroatoms. The molecule has 0 saturated carbocycles. The molecule has 0 aliphatic carbocycles. The van der Waals surface area contributed by atoms with Crippen molar-refractivity contribution in [1.82, 2.24) is 4.90 Å². The van der Waals surface area contributed by atoms with Gasteiger partial charge in [-0.1, -0.05) is 24.3 Å². The lowest BCUT2D eigenvalue weighted by atomic mass is 10.2. The third-order valence-electron chi connectivity index (χ3n) is 4.26. The van der Waals surface area contributed by atoms with E-state index >= 15 is 0 Å². The molecule has 1 fully saturated rings. The van der Waals surface area contributed by atoms with Gasteiger partial charge < -0.3 is 14.8 Å². The molecule has 2 aromatic rings. The average Bonchev–Trinajstić information content (AvgIpc) is 2.68. The molecule has 138 valence electrons. The number of ether oxygens (including phenoxy) is 2. The maximum atomic E-state index is 11.1. The second kappa shape index (κ2) is 9.17. The summed E-state index contributed by atoms with van der Waals surface area (Å²) in [4.78, 5) is 13.0. The second-order valence-electron chi connectivity index (χ2n) is 6.08. The zero-order valence-electron chi connectivity index (χ0n) is 14.6. The summed E-state index contributed by atoms with van der Waals surface area (Å²) in [5.41, 5.74) is 1.59. The molecule has 0 unspecified atom stereocenters. The number of rotatable bonds is 8. The standard InChI is InChI=1S/C19H23N3O4/c23-22(24)19-7-2-1-6-18(19)20-15-16-4-3-5-17(14-16)26-13-10-21-8-11-25-12-9-21/h1-7,14,20H,8-13,15H2. The number of benzene rings is 2. The van der Waals surface area contributed by atoms with Crippen molar-refractivity contribution in [1.29, 1.82) is 0 Å². The molecule has 0 aromatic heterocycles. The molecule has 0 spiro atoms. The van der Waals surface area contributed by atoms with Crippen molar-refractivity contribution in [2.75, 3.05) is 44.8 Å². The van der Waals surface area contributed by atoms with Gasteiger partial charge in [-0.25, -0.2) is 0 Å². The fraction of sp³-hybridized carbons (Fsp3) is 0.368. The van der Waals surface area contributed by atoms with Gasteiger partial charge in [0.05, 0.1) is 18.1 Å². The molecular formula is C19H23N3O4. The van der Waals surface area contributed by atoms with Crippen molar-refractivity contribution in [3.05, 3.63) is 64.2 Å². The Kier molecular flexibility index (Phi) is 6.40. The van der Waals surface area contributed by atoms with Gasteiger partial charge in [-0.15, -0.1) is 0 Å². The summed E-state index contributed by atoms with van der Waals surface area (Å²) in [7, 11) is 0. The smallest absolute Gasteiger partial charge is 0.292 e. The first-order valence-corrected chi connectivity index (χ1v) is 8.71. The molecule has 7 nitrogen and oxygen atoms in total. The summed E-state index contributed by atoms with van der Waals surface area (Å²) in [6, 6.07) is 14.4. The van der Waals surface area contributed by atoms with E-state index in [0.717, 1.165) is 44.2 Å². The largest absolute Gasteiger partial charge is 0.492 e. The summed E-state index contributed by atoms with van der Waals surface area (Å²) in [5.74, 6) is 0.806. The Bertz CT molecular complexity index is 732. The van der Waals surface area contributed by atoms with Crippen molar-refractivity contribution < 1.29 is 14.4 Å². The van der Waals surface area contributed by atoms with Gasteiger partial charge >= 0.3 is 0 Å². The minimum atomic E-state index is -0.381. The first-order valence-electron chi connectivity index (χ1n) is 8.71. The van der Waals surface area contributed by atoms with Crippen LogP contribution in [0.15, 0.2) is 48.5 Å². The van der Waals surface area contributed by atoms with E-state index < -0.39 is 0 Å². The highest BCUT2D eigenvalue weighted by Gasteiger charge is 2.12. The number of hydrogen-bond donors (Lipinski definition) is 1. The van der Waals surface area contributed by atoms with Crippen LogP contribution in [0.4, 0.5) is 11.4 Å². The van der Waals surface area contributed by atoms with E-state index in [-0.39, 0.29) is 10.6 Å². The van der Waals surface area contributed by atoms with Gasteiger partial charge in [0.25, 0.3) is 5.69 Å². The van der Waals surface area contributed by atoms with E-state index in [1.165, 1.54) is 6.07 Å². The number of morpholine rings is 1. The normalized spacial score (nSPS) is 14.8. The van der Waals surface area contributed by atoms with Crippen LogP contribution < -0.4 is 10.1 Å². The van der Waals surface area contributed by atoms with Gasteiger partial charge in [-0.2, -0.15) is 0 Å². The first-order chi connectivity index (χ1) is 12.7. The van der Waals surface area contributed by atoms with Gasteiger partial charge in [0.1, 0.15) is 18.0 Å². The van der Waals surface area contributed by atoms with E-state index in [9.17, 15) is 10.1 Å². The van der Waals surface area contributed by atoms with Gasteiger partial charge in [-0.3, -0.25) is 15.0 Å². The van der Waals surface area contributed by atoms with Crippen molar-refractivity contribution in [2.45, 2.75) is 6.54 Å². The first kappa shape index (κ1) is 18.2. The average molecular weight is 357 g/mol. The molecule has 1 heterocycles. The van der Waals surface area contributed by atoms with Crippen molar-refractivity contribution in [3.63, 3.8) is 0 Å². The van der Waals surface area contributed by atoms with E-state index in [1.54, 1.807) is 18.2 Å². The maximum absolute atomic E-state index is 11.1. The fourth-order valence-corrected chi connectivity index (χ4v) is 2.84. The van der Waals surface area contributed by atoms with Crippen molar-refractivity contribution in [2.24, 2.45) is 0 Å². The van der Waals surface area contributed by atoms with Crippen LogP contribution in [0.5, 0.6) is 5.75 Å². The molecule has 2 aromatic carbocycles. The lowest BCUT2D eigenvalue weighted by Gasteiger charge is -2.26. The van der Waals surface area contributed by atoms with Crippen molar-refractivity contribution in [3.8, 4) is 5.75 Å². The predicted octanol–water partition coefficient (Wildman–Crippen LogP) is 2.92. The third-order valence-corrected chi connectivity index (χ3v) is 4.26. The Morgan fingerprint density at radius 2 is 1.96 bits per heavy atom. The summed E-state index contributed by atoms with van der Waals surface area (Å²) >= 11 is 0. The van der Waals surface area contributed by atoms with E-state index in [0.29, 0.717) is 18.8 Å². The van der Waals surface area contributed by atoms with E-state index in [4.69, 9.17) is 9.47 Å². The third kappa shape index (κ3) is 5.18. The highest BCUT2D eigenvalue weighted by atomic mass is 16.6. The van der Waals surface area contributed by atoms with Gasteiger partial charge in [0.2, 0.25) is 0 Å². The van der Waals surface area contributed by atoms with E-state index in [2.05, 4.69) is 10.2 Å². The Morgan fingerprint density at radius 3 is 2.77 bits per heavy atom. The number of nitrogens with zero attached hydrogens (tertiary/aromatic N) is 2. The fourth-order valence-electron chi connectivity index (χ4n) is 2.84. The van der Waals surface area contributed by atoms with Crippen LogP contribution in [-0.4, -0.2) is 49.3 Å². The van der Waals surface area contributed by atoms with Crippen molar-refractivity contribution >= 4 is 11.4 Å². The molecule has 1 saturated heterocycles. The molecule has 0 atom stereocenters. The molecular weight excluding hydrogens is 334 g/mol. The number of anilines is 1. The summed E-state index contributed by atoms with van der Waals surface area (Å²) in [6.07, 6.45) is 0. The molecule has 0 amide bonds. The lowest BCUT2D eigenvalue weighted by Crippen LogP contribution is -2.38. The second-order valence-corrected chi connectivity index (χ2v) is 6.08. The monoisotopic (exact) mass is 357 g/mol. The maximum Gasteiger partial charge on any atom is 0.292 e.